The summed E-state index contributed by atoms with van der Waals surface area (Å²) in [4.78, 5) is 33.8. The largest absolute Gasteiger partial charge is 0.343 e. The first-order chi connectivity index (χ1) is 14.2. The molecule has 2 heterocycles. The van der Waals surface area contributed by atoms with Gasteiger partial charge < -0.3 is 10.3 Å². The highest BCUT2D eigenvalue weighted by molar-refractivity contribution is 7.99. The van der Waals surface area contributed by atoms with Gasteiger partial charge in [-0.15, -0.1) is 6.58 Å². The number of carbonyl (C=O) groups is 1. The van der Waals surface area contributed by atoms with Crippen molar-refractivity contribution in [2.24, 2.45) is 5.41 Å². The Morgan fingerprint density at radius 2 is 2.07 bits per heavy atom. The van der Waals surface area contributed by atoms with Crippen molar-refractivity contribution >= 4 is 46.6 Å². The number of thioether (sulfide) groups is 1. The van der Waals surface area contributed by atoms with Crippen molar-refractivity contribution in [2.75, 3.05) is 11.1 Å². The molecule has 1 aliphatic heterocycles. The molecule has 0 fully saturated rings. The number of rotatable bonds is 4. The van der Waals surface area contributed by atoms with Crippen molar-refractivity contribution < 1.29 is 4.79 Å². The maximum absolute atomic E-state index is 13.2. The van der Waals surface area contributed by atoms with E-state index in [2.05, 4.69) is 35.7 Å². The molecule has 0 bridgehead atoms. The van der Waals surface area contributed by atoms with Gasteiger partial charge in [0.15, 0.2) is 10.9 Å². The lowest BCUT2D eigenvalue weighted by molar-refractivity contribution is -0.118. The van der Waals surface area contributed by atoms with E-state index in [-0.39, 0.29) is 16.8 Å². The highest BCUT2D eigenvalue weighted by atomic mass is 35.5. The van der Waals surface area contributed by atoms with E-state index >= 15 is 0 Å². The highest BCUT2D eigenvalue weighted by Gasteiger charge is 2.43. The number of aromatic amines is 1. The summed E-state index contributed by atoms with van der Waals surface area (Å²) >= 11 is 14.2. The zero-order valence-electron chi connectivity index (χ0n) is 16.6. The van der Waals surface area contributed by atoms with Gasteiger partial charge in [0.05, 0.1) is 15.6 Å². The predicted molar refractivity (Wildman–Crippen MR) is 123 cm³/mol. The van der Waals surface area contributed by atoms with Crippen LogP contribution in [0.15, 0.2) is 52.1 Å². The number of hydrogen-bond donors (Lipinski definition) is 2. The first kappa shape index (κ1) is 21.2. The zero-order chi connectivity index (χ0) is 21.6. The molecule has 2 N–H and O–H groups in total. The van der Waals surface area contributed by atoms with Crippen LogP contribution in [-0.4, -0.2) is 21.5 Å². The van der Waals surface area contributed by atoms with Gasteiger partial charge in [-0.25, -0.2) is 4.98 Å². The minimum Gasteiger partial charge on any atom is -0.343 e. The van der Waals surface area contributed by atoms with Gasteiger partial charge in [0.25, 0.3) is 5.56 Å². The van der Waals surface area contributed by atoms with Gasteiger partial charge in [0.1, 0.15) is 5.82 Å². The van der Waals surface area contributed by atoms with Crippen LogP contribution in [0.5, 0.6) is 0 Å². The topological polar surface area (TPSA) is 74.8 Å². The number of aromatic nitrogens is 2. The van der Waals surface area contributed by atoms with Gasteiger partial charge in [-0.3, -0.25) is 9.59 Å². The molecule has 8 heteroatoms. The third-order valence-electron chi connectivity index (χ3n) is 5.33. The van der Waals surface area contributed by atoms with Crippen LogP contribution in [0.3, 0.4) is 0 Å². The van der Waals surface area contributed by atoms with E-state index in [4.69, 9.17) is 23.2 Å². The van der Waals surface area contributed by atoms with Crippen LogP contribution in [0.4, 0.5) is 5.82 Å². The number of nitrogens with one attached hydrogen (secondary N) is 2. The van der Waals surface area contributed by atoms with Gasteiger partial charge in [0, 0.05) is 29.4 Å². The number of hydrogen-bond acceptors (Lipinski definition) is 5. The maximum atomic E-state index is 13.2. The molecule has 1 aromatic heterocycles. The van der Waals surface area contributed by atoms with Crippen LogP contribution in [0, 0.1) is 5.41 Å². The Labute approximate surface area is 189 Å². The number of fused-ring (bicyclic) bond motifs is 1. The quantitative estimate of drug-likeness (QED) is 0.354. The second kappa shape index (κ2) is 7.91. The van der Waals surface area contributed by atoms with Crippen molar-refractivity contribution in [1.82, 2.24) is 9.97 Å². The van der Waals surface area contributed by atoms with Crippen LogP contribution >= 0.6 is 35.0 Å². The molecule has 2 aromatic rings. The first-order valence-electron chi connectivity index (χ1n) is 9.57. The zero-order valence-corrected chi connectivity index (χ0v) is 19.0. The highest BCUT2D eigenvalue weighted by Crippen LogP contribution is 2.49. The molecule has 0 saturated carbocycles. The van der Waals surface area contributed by atoms with Gasteiger partial charge >= 0.3 is 0 Å². The number of Topliss-reactive ketones (excluding diaryl/α,β-unsaturated/α-hetero) is 1. The van der Waals surface area contributed by atoms with Gasteiger partial charge in [-0.2, -0.15) is 0 Å². The molecule has 156 valence electrons. The minimum atomic E-state index is -0.624. The van der Waals surface area contributed by atoms with E-state index in [1.807, 2.05) is 6.07 Å². The Kier molecular flexibility index (Phi) is 5.60. The molecule has 0 amide bonds. The Hall–Kier alpha value is -2.02. The average Bonchev–Trinajstić information content (AvgIpc) is 2.66. The Morgan fingerprint density at radius 3 is 2.80 bits per heavy atom. The van der Waals surface area contributed by atoms with Crippen molar-refractivity contribution in [3.05, 3.63) is 73.7 Å². The number of ketones is 1. The number of halogens is 2. The maximum Gasteiger partial charge on any atom is 0.257 e. The van der Waals surface area contributed by atoms with E-state index < -0.39 is 5.92 Å². The van der Waals surface area contributed by atoms with Gasteiger partial charge in [-0.1, -0.05) is 67.0 Å². The summed E-state index contributed by atoms with van der Waals surface area (Å²) < 4.78 is 0. The van der Waals surface area contributed by atoms with E-state index in [1.54, 1.807) is 18.2 Å². The van der Waals surface area contributed by atoms with Crippen molar-refractivity contribution in [2.45, 2.75) is 37.8 Å². The molecular weight excluding hydrogens is 441 g/mol. The van der Waals surface area contributed by atoms with Gasteiger partial charge in [-0.05, 0) is 23.5 Å². The molecule has 1 atom stereocenters. The van der Waals surface area contributed by atoms with E-state index in [0.717, 1.165) is 5.70 Å². The summed E-state index contributed by atoms with van der Waals surface area (Å²) in [7, 11) is 0. The van der Waals surface area contributed by atoms with E-state index in [1.165, 1.54) is 11.8 Å². The molecule has 30 heavy (non-hydrogen) atoms. The van der Waals surface area contributed by atoms with Crippen LogP contribution < -0.4 is 10.9 Å². The van der Waals surface area contributed by atoms with Crippen molar-refractivity contribution in [3.63, 3.8) is 0 Å². The summed E-state index contributed by atoms with van der Waals surface area (Å²) in [6, 6.07) is 5.28. The Bertz CT molecular complexity index is 1150. The molecule has 2 aliphatic rings. The molecule has 4 rings (SSSR count). The molecule has 1 unspecified atom stereocenters. The normalized spacial score (nSPS) is 19.7. The fourth-order valence-corrected chi connectivity index (χ4v) is 5.17. The lowest BCUT2D eigenvalue weighted by Crippen LogP contribution is -2.37. The minimum absolute atomic E-state index is 0.00458. The summed E-state index contributed by atoms with van der Waals surface area (Å²) in [5, 5.41) is 4.50. The van der Waals surface area contributed by atoms with Crippen LogP contribution in [0.2, 0.25) is 10.0 Å². The Morgan fingerprint density at radius 1 is 1.30 bits per heavy atom. The lowest BCUT2D eigenvalue weighted by atomic mass is 9.69. The first-order valence-corrected chi connectivity index (χ1v) is 11.3. The van der Waals surface area contributed by atoms with Crippen molar-refractivity contribution in [1.29, 1.82) is 0 Å². The smallest absolute Gasteiger partial charge is 0.257 e. The summed E-state index contributed by atoms with van der Waals surface area (Å²) in [6.07, 6.45) is 2.82. The molecule has 0 radical (unpaired) electrons. The predicted octanol–water partition coefficient (Wildman–Crippen LogP) is 5.56. The summed E-state index contributed by atoms with van der Waals surface area (Å²) in [5.41, 5.74) is 1.89. The monoisotopic (exact) mass is 461 g/mol. The second-order valence-corrected chi connectivity index (χ2v) is 10.1. The number of carbonyl (C=O) groups excluding carboxylic acids is 1. The molecule has 5 nitrogen and oxygen atoms in total. The van der Waals surface area contributed by atoms with E-state index in [0.29, 0.717) is 56.3 Å². The van der Waals surface area contributed by atoms with E-state index in [9.17, 15) is 9.59 Å². The number of nitrogens with zero attached hydrogens (tertiary/aromatic N) is 1. The molecule has 0 spiro atoms. The van der Waals surface area contributed by atoms with Crippen molar-refractivity contribution in [3.8, 4) is 0 Å². The number of allylic oxidation sites excluding steroid dienone is 2. The standard InChI is InChI=1S/C22H21Cl2N3O2S/c1-4-8-30-21-26-19-17(20(29)27-21)15(11-6-5-7-12(23)18(11)24)16-13(25-19)9-22(2,3)10-14(16)28/h4-7,15H,1,8-10H2,2-3H3,(H2,25,26,27,29). The fourth-order valence-electron chi connectivity index (χ4n) is 4.15. The van der Waals surface area contributed by atoms with Crippen LogP contribution in [-0.2, 0) is 4.79 Å². The molecular formula is C22H21Cl2N3O2S. The molecule has 0 saturated heterocycles. The van der Waals surface area contributed by atoms with Crippen LogP contribution in [0.25, 0.3) is 0 Å². The number of H-pyrrole nitrogens is 1. The lowest BCUT2D eigenvalue weighted by Gasteiger charge is -2.38. The second-order valence-electron chi connectivity index (χ2n) is 8.27. The SMILES string of the molecule is C=CCSc1nc2c(c(=O)[nH]1)C(c1cccc(Cl)c1Cl)C1=C(CC(C)(C)CC1=O)N2. The fraction of sp³-hybridized carbons (Fsp3) is 0.318. The average molecular weight is 462 g/mol. The molecule has 1 aromatic carbocycles. The number of benzene rings is 1. The third kappa shape index (κ3) is 3.72. The third-order valence-corrected chi connectivity index (χ3v) is 7.03. The van der Waals surface area contributed by atoms with Gasteiger partial charge in [0.2, 0.25) is 0 Å². The summed E-state index contributed by atoms with van der Waals surface area (Å²) in [5.74, 6) is 0.450. The summed E-state index contributed by atoms with van der Waals surface area (Å²) in [6.45, 7) is 7.82. The Balaban J connectivity index is 1.97. The number of anilines is 1. The van der Waals surface area contributed by atoms with Crippen LogP contribution in [0.1, 0.15) is 43.7 Å². The molecule has 1 aliphatic carbocycles.